The average Bonchev–Trinajstić information content (AvgIpc) is 2.38. The van der Waals surface area contributed by atoms with Gasteiger partial charge in [0, 0.05) is 5.82 Å². The molecular formula is C11H19BO3. The first-order chi connectivity index (χ1) is 6.92. The van der Waals surface area contributed by atoms with E-state index in [-0.39, 0.29) is 18.3 Å². The van der Waals surface area contributed by atoms with Gasteiger partial charge in [0.2, 0.25) is 0 Å². The van der Waals surface area contributed by atoms with Crippen molar-refractivity contribution >= 4 is 7.12 Å². The predicted octanol–water partition coefficient (Wildman–Crippen LogP) is 2.38. The lowest BCUT2D eigenvalue weighted by Gasteiger charge is -2.32. The summed E-state index contributed by atoms with van der Waals surface area (Å²) in [5.41, 5.74) is -0.475. The fourth-order valence-corrected chi connectivity index (χ4v) is 1.82. The Morgan fingerprint density at radius 3 is 2.20 bits per heavy atom. The second-order valence-electron chi connectivity index (χ2n) is 5.33. The van der Waals surface area contributed by atoms with Crippen molar-refractivity contribution in [3.05, 3.63) is 12.3 Å². The predicted molar refractivity (Wildman–Crippen MR) is 59.5 cm³/mol. The maximum Gasteiger partial charge on any atom is 0.464 e. The quantitative estimate of drug-likeness (QED) is 0.622. The highest BCUT2D eigenvalue weighted by Gasteiger charge is 2.53. The van der Waals surface area contributed by atoms with Gasteiger partial charge < -0.3 is 14.0 Å². The highest BCUT2D eigenvalue weighted by molar-refractivity contribution is 6.47. The van der Waals surface area contributed by atoms with Gasteiger partial charge in [-0.05, 0) is 40.2 Å². The number of hydrogen-bond acceptors (Lipinski definition) is 3. The molecule has 0 aromatic heterocycles. The molecule has 3 nitrogen and oxygen atoms in total. The molecule has 1 unspecified atom stereocenters. The summed E-state index contributed by atoms with van der Waals surface area (Å²) in [6.45, 7) is 8.99. The SMILES string of the molecule is CC1(C)OB(C2CC=COC2)OC1(C)C. The molecule has 2 rings (SSSR count). The van der Waals surface area contributed by atoms with E-state index in [9.17, 15) is 0 Å². The van der Waals surface area contributed by atoms with E-state index in [0.29, 0.717) is 12.4 Å². The van der Waals surface area contributed by atoms with E-state index >= 15 is 0 Å². The first-order valence-electron chi connectivity index (χ1n) is 5.55. The van der Waals surface area contributed by atoms with E-state index < -0.39 is 0 Å². The fraction of sp³-hybridized carbons (Fsp3) is 0.818. The van der Waals surface area contributed by atoms with Gasteiger partial charge in [-0.25, -0.2) is 0 Å². The Labute approximate surface area is 91.9 Å². The van der Waals surface area contributed by atoms with E-state index in [4.69, 9.17) is 14.0 Å². The van der Waals surface area contributed by atoms with Crippen molar-refractivity contribution in [2.24, 2.45) is 0 Å². The van der Waals surface area contributed by atoms with Gasteiger partial charge in [0.15, 0.2) is 0 Å². The molecule has 0 aromatic rings. The molecule has 0 aliphatic carbocycles. The number of rotatable bonds is 1. The molecule has 0 N–H and O–H groups in total. The topological polar surface area (TPSA) is 27.7 Å². The van der Waals surface area contributed by atoms with Crippen molar-refractivity contribution < 1.29 is 14.0 Å². The maximum absolute atomic E-state index is 5.97. The van der Waals surface area contributed by atoms with E-state index in [1.807, 2.05) is 6.08 Å². The van der Waals surface area contributed by atoms with Crippen LogP contribution in [0.3, 0.4) is 0 Å². The van der Waals surface area contributed by atoms with Crippen LogP contribution in [0.5, 0.6) is 0 Å². The van der Waals surface area contributed by atoms with Crippen LogP contribution in [0, 0.1) is 0 Å². The third kappa shape index (κ3) is 1.93. The number of hydrogen-bond donors (Lipinski definition) is 0. The summed E-state index contributed by atoms with van der Waals surface area (Å²) in [4.78, 5) is 0. The van der Waals surface area contributed by atoms with Crippen molar-refractivity contribution in [2.45, 2.75) is 51.1 Å². The molecule has 0 bridgehead atoms. The number of ether oxygens (including phenoxy) is 1. The Morgan fingerprint density at radius 1 is 1.13 bits per heavy atom. The van der Waals surface area contributed by atoms with Gasteiger partial charge >= 0.3 is 7.12 Å². The summed E-state index contributed by atoms with van der Waals surface area (Å²) < 4.78 is 17.2. The highest BCUT2D eigenvalue weighted by atomic mass is 16.7. The van der Waals surface area contributed by atoms with Crippen molar-refractivity contribution in [3.63, 3.8) is 0 Å². The van der Waals surface area contributed by atoms with Gasteiger partial charge in [0.1, 0.15) is 0 Å². The average molecular weight is 210 g/mol. The first-order valence-corrected chi connectivity index (χ1v) is 5.55. The molecule has 0 saturated carbocycles. The summed E-state index contributed by atoms with van der Waals surface area (Å²) in [7, 11) is -0.139. The summed E-state index contributed by atoms with van der Waals surface area (Å²) in [5.74, 6) is 0.316. The van der Waals surface area contributed by atoms with Crippen LogP contribution in [-0.2, 0) is 14.0 Å². The second-order valence-corrected chi connectivity index (χ2v) is 5.33. The van der Waals surface area contributed by atoms with E-state index in [1.54, 1.807) is 6.26 Å². The lowest BCUT2D eigenvalue weighted by Crippen LogP contribution is -2.41. The van der Waals surface area contributed by atoms with Gasteiger partial charge in [-0.2, -0.15) is 0 Å². The minimum atomic E-state index is -0.237. The zero-order chi connectivity index (χ0) is 11.1. The molecular weight excluding hydrogens is 191 g/mol. The molecule has 0 radical (unpaired) electrons. The maximum atomic E-state index is 5.97. The molecule has 4 heteroatoms. The van der Waals surface area contributed by atoms with Crippen LogP contribution >= 0.6 is 0 Å². The number of allylic oxidation sites excluding steroid dienone is 1. The third-order valence-electron chi connectivity index (χ3n) is 3.60. The second kappa shape index (κ2) is 3.53. The Kier molecular flexibility index (Phi) is 2.59. The molecule has 0 aromatic carbocycles. The molecule has 2 aliphatic rings. The van der Waals surface area contributed by atoms with Gasteiger partial charge in [0.05, 0.1) is 24.1 Å². The molecule has 1 saturated heterocycles. The summed E-state index contributed by atoms with van der Waals surface area (Å²) in [5, 5.41) is 0. The molecule has 84 valence electrons. The molecule has 0 spiro atoms. The standard InChI is InChI=1S/C11H19BO3/c1-10(2)11(3,4)15-12(14-10)9-6-5-7-13-8-9/h5,7,9H,6,8H2,1-4H3. The summed E-state index contributed by atoms with van der Waals surface area (Å²) in [6, 6.07) is 0. The Bertz CT molecular complexity index is 257. The zero-order valence-corrected chi connectivity index (χ0v) is 9.95. The molecule has 15 heavy (non-hydrogen) atoms. The molecule has 0 amide bonds. The largest absolute Gasteiger partial charge is 0.502 e. The zero-order valence-electron chi connectivity index (χ0n) is 9.95. The van der Waals surface area contributed by atoms with E-state index in [0.717, 1.165) is 6.42 Å². The van der Waals surface area contributed by atoms with Crippen molar-refractivity contribution in [1.82, 2.24) is 0 Å². The van der Waals surface area contributed by atoms with Crippen LogP contribution in [0.1, 0.15) is 34.1 Å². The Balaban J connectivity index is 2.05. The van der Waals surface area contributed by atoms with Gasteiger partial charge in [-0.15, -0.1) is 0 Å². The Morgan fingerprint density at radius 2 is 1.73 bits per heavy atom. The van der Waals surface area contributed by atoms with Gasteiger partial charge in [0.25, 0.3) is 0 Å². The Hall–Kier alpha value is -0.475. The summed E-state index contributed by atoms with van der Waals surface area (Å²) >= 11 is 0. The fourth-order valence-electron chi connectivity index (χ4n) is 1.82. The van der Waals surface area contributed by atoms with Crippen LogP contribution in [0.15, 0.2) is 12.3 Å². The van der Waals surface area contributed by atoms with E-state index in [1.165, 1.54) is 0 Å². The van der Waals surface area contributed by atoms with Crippen molar-refractivity contribution in [1.29, 1.82) is 0 Å². The van der Waals surface area contributed by atoms with Crippen LogP contribution in [0.25, 0.3) is 0 Å². The minimum absolute atomic E-state index is 0.139. The first kappa shape index (κ1) is 11.0. The third-order valence-corrected chi connectivity index (χ3v) is 3.60. The summed E-state index contributed by atoms with van der Waals surface area (Å²) in [6.07, 6.45) is 4.75. The normalized spacial score (nSPS) is 32.8. The van der Waals surface area contributed by atoms with Crippen molar-refractivity contribution in [2.75, 3.05) is 6.61 Å². The van der Waals surface area contributed by atoms with Crippen LogP contribution in [0.4, 0.5) is 0 Å². The van der Waals surface area contributed by atoms with Gasteiger partial charge in [-0.3, -0.25) is 0 Å². The highest BCUT2D eigenvalue weighted by Crippen LogP contribution is 2.41. The molecule has 1 fully saturated rings. The lowest BCUT2D eigenvalue weighted by atomic mass is 9.70. The van der Waals surface area contributed by atoms with E-state index in [2.05, 4.69) is 27.7 Å². The smallest absolute Gasteiger partial charge is 0.464 e. The van der Waals surface area contributed by atoms with Crippen LogP contribution in [0.2, 0.25) is 5.82 Å². The molecule has 1 atom stereocenters. The van der Waals surface area contributed by atoms with Crippen LogP contribution in [-0.4, -0.2) is 24.9 Å². The van der Waals surface area contributed by atoms with Gasteiger partial charge in [-0.1, -0.05) is 0 Å². The van der Waals surface area contributed by atoms with Crippen LogP contribution < -0.4 is 0 Å². The molecule has 2 heterocycles. The van der Waals surface area contributed by atoms with Crippen molar-refractivity contribution in [3.8, 4) is 0 Å². The monoisotopic (exact) mass is 210 g/mol. The lowest BCUT2D eigenvalue weighted by molar-refractivity contribution is 0.00578. The molecule has 2 aliphatic heterocycles. The minimum Gasteiger partial charge on any atom is -0.502 e.